The maximum Gasteiger partial charge on any atom is 0.219 e. The van der Waals surface area contributed by atoms with Crippen molar-refractivity contribution in [2.24, 2.45) is 11.7 Å². The molecule has 2 aliphatic rings. The first-order valence-corrected chi connectivity index (χ1v) is 7.91. The SMILES string of the molecule is NCC1CCN(S(=O)(=O)C2CCCOC2)CC1. The Morgan fingerprint density at radius 2 is 1.94 bits per heavy atom. The quantitative estimate of drug-likeness (QED) is 0.786. The molecule has 0 saturated carbocycles. The molecule has 17 heavy (non-hydrogen) atoms. The monoisotopic (exact) mass is 262 g/mol. The fourth-order valence-corrected chi connectivity index (χ4v) is 4.43. The van der Waals surface area contributed by atoms with E-state index in [-0.39, 0.29) is 5.25 Å². The lowest BCUT2D eigenvalue weighted by atomic mass is 9.99. The third-order valence-corrected chi connectivity index (χ3v) is 6.11. The van der Waals surface area contributed by atoms with Gasteiger partial charge in [-0.15, -0.1) is 0 Å². The molecule has 100 valence electrons. The van der Waals surface area contributed by atoms with Gasteiger partial charge in [0.05, 0.1) is 11.9 Å². The van der Waals surface area contributed by atoms with Crippen LogP contribution in [0.5, 0.6) is 0 Å². The molecule has 0 aromatic heterocycles. The average Bonchev–Trinajstić information content (AvgIpc) is 2.40. The lowest BCUT2D eigenvalue weighted by Gasteiger charge is -2.34. The topological polar surface area (TPSA) is 72.6 Å². The van der Waals surface area contributed by atoms with Crippen LogP contribution in [0.2, 0.25) is 0 Å². The predicted octanol–water partition coefficient (Wildman–Crippen LogP) is 0.166. The van der Waals surface area contributed by atoms with Crippen LogP contribution < -0.4 is 5.73 Å². The minimum Gasteiger partial charge on any atom is -0.380 e. The fourth-order valence-electron chi connectivity index (χ4n) is 2.56. The van der Waals surface area contributed by atoms with Gasteiger partial charge in [-0.3, -0.25) is 0 Å². The summed E-state index contributed by atoms with van der Waals surface area (Å²) in [4.78, 5) is 0. The van der Waals surface area contributed by atoms with Crippen molar-refractivity contribution in [1.29, 1.82) is 0 Å². The minimum absolute atomic E-state index is 0.328. The molecular weight excluding hydrogens is 240 g/mol. The molecule has 5 nitrogen and oxygen atoms in total. The smallest absolute Gasteiger partial charge is 0.219 e. The highest BCUT2D eigenvalue weighted by Crippen LogP contribution is 2.24. The van der Waals surface area contributed by atoms with Gasteiger partial charge < -0.3 is 10.5 Å². The molecule has 0 aromatic carbocycles. The molecule has 0 aliphatic carbocycles. The molecule has 0 bridgehead atoms. The van der Waals surface area contributed by atoms with Gasteiger partial charge in [-0.05, 0) is 38.1 Å². The predicted molar refractivity (Wildman–Crippen MR) is 66.1 cm³/mol. The molecule has 1 atom stereocenters. The molecule has 2 rings (SSSR count). The molecule has 0 spiro atoms. The van der Waals surface area contributed by atoms with Gasteiger partial charge in [-0.1, -0.05) is 0 Å². The van der Waals surface area contributed by atoms with Gasteiger partial charge in [0.15, 0.2) is 0 Å². The fraction of sp³-hybridized carbons (Fsp3) is 1.00. The zero-order valence-electron chi connectivity index (χ0n) is 10.2. The number of hydrogen-bond donors (Lipinski definition) is 1. The summed E-state index contributed by atoms with van der Waals surface area (Å²) in [6.07, 6.45) is 3.37. The van der Waals surface area contributed by atoms with Crippen LogP contribution in [0.3, 0.4) is 0 Å². The first-order chi connectivity index (χ1) is 8.14. The molecule has 0 aromatic rings. The minimum atomic E-state index is -3.15. The van der Waals surface area contributed by atoms with Gasteiger partial charge in [0, 0.05) is 19.7 Å². The Morgan fingerprint density at radius 3 is 2.47 bits per heavy atom. The van der Waals surface area contributed by atoms with E-state index in [0.717, 1.165) is 25.7 Å². The molecule has 6 heteroatoms. The van der Waals surface area contributed by atoms with Crippen molar-refractivity contribution in [3.63, 3.8) is 0 Å². The van der Waals surface area contributed by atoms with E-state index in [1.807, 2.05) is 0 Å². The van der Waals surface area contributed by atoms with Crippen LogP contribution >= 0.6 is 0 Å². The highest BCUT2D eigenvalue weighted by Gasteiger charge is 2.35. The van der Waals surface area contributed by atoms with Crippen LogP contribution in [0.15, 0.2) is 0 Å². The largest absolute Gasteiger partial charge is 0.380 e. The van der Waals surface area contributed by atoms with Gasteiger partial charge in [-0.2, -0.15) is 0 Å². The second-order valence-corrected chi connectivity index (χ2v) is 7.18. The van der Waals surface area contributed by atoms with Gasteiger partial charge in [0.2, 0.25) is 10.0 Å². The van der Waals surface area contributed by atoms with Gasteiger partial charge >= 0.3 is 0 Å². The number of nitrogens with zero attached hydrogens (tertiary/aromatic N) is 1. The Kier molecular flexibility index (Phi) is 4.41. The summed E-state index contributed by atoms with van der Waals surface area (Å²) in [7, 11) is -3.15. The van der Waals surface area contributed by atoms with E-state index in [4.69, 9.17) is 10.5 Å². The maximum atomic E-state index is 12.4. The van der Waals surface area contributed by atoms with Gasteiger partial charge in [0.25, 0.3) is 0 Å². The third-order valence-electron chi connectivity index (χ3n) is 3.81. The van der Waals surface area contributed by atoms with Crippen molar-refractivity contribution >= 4 is 10.0 Å². The van der Waals surface area contributed by atoms with E-state index in [0.29, 0.717) is 38.8 Å². The summed E-state index contributed by atoms with van der Waals surface area (Å²) >= 11 is 0. The summed E-state index contributed by atoms with van der Waals surface area (Å²) in [6, 6.07) is 0. The zero-order valence-corrected chi connectivity index (χ0v) is 11.0. The molecule has 2 saturated heterocycles. The van der Waals surface area contributed by atoms with Crippen molar-refractivity contribution in [1.82, 2.24) is 4.31 Å². The summed E-state index contributed by atoms with van der Waals surface area (Å²) < 4.78 is 31.6. The Balaban J connectivity index is 1.96. The molecule has 2 heterocycles. The number of nitrogens with two attached hydrogens (primary N) is 1. The van der Waals surface area contributed by atoms with E-state index in [1.54, 1.807) is 4.31 Å². The summed E-state index contributed by atoms with van der Waals surface area (Å²) in [5.74, 6) is 0.490. The van der Waals surface area contributed by atoms with Crippen LogP contribution in [-0.4, -0.2) is 50.8 Å². The molecular formula is C11H22N2O3S. The molecule has 1 unspecified atom stereocenters. The Bertz CT molecular complexity index is 331. The van der Waals surface area contributed by atoms with Crippen LogP contribution in [0, 0.1) is 5.92 Å². The number of hydrogen-bond acceptors (Lipinski definition) is 4. The number of ether oxygens (including phenoxy) is 1. The lowest BCUT2D eigenvalue weighted by Crippen LogP contribution is -2.46. The van der Waals surface area contributed by atoms with Crippen molar-refractivity contribution in [2.75, 3.05) is 32.8 Å². The highest BCUT2D eigenvalue weighted by atomic mass is 32.2. The molecule has 2 aliphatic heterocycles. The normalized spacial score (nSPS) is 29.4. The van der Waals surface area contributed by atoms with Crippen molar-refractivity contribution in [3.05, 3.63) is 0 Å². The second-order valence-electron chi connectivity index (χ2n) is 4.96. The molecule has 2 N–H and O–H groups in total. The van der Waals surface area contributed by atoms with Crippen molar-refractivity contribution < 1.29 is 13.2 Å². The molecule has 0 radical (unpaired) electrons. The second kappa shape index (κ2) is 5.65. The van der Waals surface area contributed by atoms with Crippen LogP contribution in [-0.2, 0) is 14.8 Å². The van der Waals surface area contributed by atoms with E-state index in [2.05, 4.69) is 0 Å². The highest BCUT2D eigenvalue weighted by molar-refractivity contribution is 7.89. The van der Waals surface area contributed by atoms with Gasteiger partial charge in [-0.25, -0.2) is 12.7 Å². The summed E-state index contributed by atoms with van der Waals surface area (Å²) in [5.41, 5.74) is 5.61. The first-order valence-electron chi connectivity index (χ1n) is 6.41. The van der Waals surface area contributed by atoms with Crippen LogP contribution in [0.25, 0.3) is 0 Å². The Labute approximate surface area is 103 Å². The van der Waals surface area contributed by atoms with Crippen molar-refractivity contribution in [3.8, 4) is 0 Å². The molecule has 2 fully saturated rings. The lowest BCUT2D eigenvalue weighted by molar-refractivity contribution is 0.0969. The van der Waals surface area contributed by atoms with Crippen LogP contribution in [0.4, 0.5) is 0 Å². The average molecular weight is 262 g/mol. The Hall–Kier alpha value is -0.170. The summed E-state index contributed by atoms with van der Waals surface area (Å²) in [5, 5.41) is -0.328. The van der Waals surface area contributed by atoms with Gasteiger partial charge in [0.1, 0.15) is 0 Å². The molecule has 0 amide bonds. The van der Waals surface area contributed by atoms with E-state index < -0.39 is 10.0 Å². The van der Waals surface area contributed by atoms with Crippen LogP contribution in [0.1, 0.15) is 25.7 Å². The Morgan fingerprint density at radius 1 is 1.24 bits per heavy atom. The first kappa shape index (κ1) is 13.3. The number of piperidine rings is 1. The summed E-state index contributed by atoms with van der Waals surface area (Å²) in [6.45, 7) is 2.97. The number of rotatable bonds is 3. The maximum absolute atomic E-state index is 12.4. The standard InChI is InChI=1S/C11H22N2O3S/c12-8-10-3-5-13(6-4-10)17(14,15)11-2-1-7-16-9-11/h10-11H,1-9,12H2. The van der Waals surface area contributed by atoms with Crippen molar-refractivity contribution in [2.45, 2.75) is 30.9 Å². The third kappa shape index (κ3) is 2.99. The van der Waals surface area contributed by atoms with E-state index in [1.165, 1.54) is 0 Å². The zero-order chi connectivity index (χ0) is 12.3. The van der Waals surface area contributed by atoms with E-state index in [9.17, 15) is 8.42 Å². The number of sulfonamides is 1. The van der Waals surface area contributed by atoms with E-state index >= 15 is 0 Å².